The lowest BCUT2D eigenvalue weighted by Crippen LogP contribution is -2.51. The second-order valence-electron chi connectivity index (χ2n) is 5.90. The molecule has 1 aliphatic heterocycles. The van der Waals surface area contributed by atoms with E-state index >= 15 is 0 Å². The third-order valence-corrected chi connectivity index (χ3v) is 3.93. The highest BCUT2D eigenvalue weighted by atomic mass is 19.1. The molecule has 0 atom stereocenters. The van der Waals surface area contributed by atoms with E-state index in [1.54, 1.807) is 24.3 Å². The van der Waals surface area contributed by atoms with Gasteiger partial charge in [0, 0.05) is 6.42 Å². The Kier molecular flexibility index (Phi) is 5.30. The summed E-state index contributed by atoms with van der Waals surface area (Å²) in [7, 11) is 0. The second-order valence-corrected chi connectivity index (χ2v) is 5.90. The van der Waals surface area contributed by atoms with Crippen molar-refractivity contribution in [1.29, 1.82) is 0 Å². The van der Waals surface area contributed by atoms with Crippen LogP contribution in [0.4, 0.5) is 9.18 Å². The minimum atomic E-state index is -0.845. The predicted molar refractivity (Wildman–Crippen MR) is 96.5 cm³/mol. The highest BCUT2D eigenvalue weighted by Gasteiger charge is 2.27. The summed E-state index contributed by atoms with van der Waals surface area (Å²) in [5.74, 6) is -1.25. The van der Waals surface area contributed by atoms with E-state index in [0.29, 0.717) is 24.3 Å². The van der Waals surface area contributed by atoms with E-state index in [2.05, 4.69) is 0 Å². The minimum absolute atomic E-state index is 0.171. The summed E-state index contributed by atoms with van der Waals surface area (Å²) in [6.45, 7) is 2.26. The summed E-state index contributed by atoms with van der Waals surface area (Å²) in [5.41, 5.74) is 2.04. The molecule has 0 spiro atoms. The maximum atomic E-state index is 13.4. The Bertz CT molecular complexity index is 931. The first-order chi connectivity index (χ1) is 13.0. The molecular weight excluding hydrogens is 351 g/mol. The van der Waals surface area contributed by atoms with Crippen LogP contribution in [-0.2, 0) is 16.0 Å². The molecule has 0 aliphatic carbocycles. The number of halogens is 1. The minimum Gasteiger partial charge on any atom is -0.494 e. The maximum Gasteiger partial charge on any atom is 0.328 e. The van der Waals surface area contributed by atoms with Gasteiger partial charge in [0.25, 0.3) is 11.8 Å². The number of amides is 4. The van der Waals surface area contributed by atoms with Crippen molar-refractivity contribution >= 4 is 23.9 Å². The number of barbiturate groups is 1. The molecule has 0 aromatic heterocycles. The van der Waals surface area contributed by atoms with E-state index in [1.165, 1.54) is 18.2 Å². The largest absolute Gasteiger partial charge is 0.494 e. The van der Waals surface area contributed by atoms with Gasteiger partial charge in [0.1, 0.15) is 17.1 Å². The zero-order valence-electron chi connectivity index (χ0n) is 14.5. The molecule has 3 rings (SSSR count). The smallest absolute Gasteiger partial charge is 0.328 e. The lowest BCUT2D eigenvalue weighted by atomic mass is 10.0. The first-order valence-electron chi connectivity index (χ1n) is 8.35. The van der Waals surface area contributed by atoms with Crippen LogP contribution in [0.25, 0.3) is 6.08 Å². The maximum absolute atomic E-state index is 13.4. The summed E-state index contributed by atoms with van der Waals surface area (Å²) >= 11 is 0. The standard InChI is InChI=1S/C20H17FN2O4/c1-2-27-17-11-13(10-16-18(24)22-20(26)23-19(16)25)6-7-14(17)8-12-4-3-5-15(21)9-12/h3-7,9-11H,2,8H2,1H3,(H2,22,23,24,25,26). The number of benzene rings is 2. The normalized spacial score (nSPS) is 13.9. The van der Waals surface area contributed by atoms with E-state index in [4.69, 9.17) is 4.74 Å². The molecular formula is C20H17FN2O4. The number of rotatable bonds is 5. The van der Waals surface area contributed by atoms with Crippen LogP contribution < -0.4 is 15.4 Å². The number of urea groups is 1. The topological polar surface area (TPSA) is 84.5 Å². The zero-order chi connectivity index (χ0) is 19.4. The van der Waals surface area contributed by atoms with E-state index in [9.17, 15) is 18.8 Å². The predicted octanol–water partition coefficient (Wildman–Crippen LogP) is 2.56. The van der Waals surface area contributed by atoms with E-state index in [1.807, 2.05) is 23.6 Å². The van der Waals surface area contributed by atoms with Crippen LogP contribution >= 0.6 is 0 Å². The van der Waals surface area contributed by atoms with Crippen LogP contribution in [0.15, 0.2) is 48.0 Å². The molecule has 2 N–H and O–H groups in total. The lowest BCUT2D eigenvalue weighted by molar-refractivity contribution is -0.123. The van der Waals surface area contributed by atoms with Crippen LogP contribution in [0.2, 0.25) is 0 Å². The molecule has 7 heteroatoms. The van der Waals surface area contributed by atoms with Crippen LogP contribution in [-0.4, -0.2) is 24.5 Å². The van der Waals surface area contributed by atoms with Crippen molar-refractivity contribution in [1.82, 2.24) is 10.6 Å². The Morgan fingerprint density at radius 2 is 1.78 bits per heavy atom. The average molecular weight is 368 g/mol. The van der Waals surface area contributed by atoms with Gasteiger partial charge in [-0.1, -0.05) is 24.3 Å². The van der Waals surface area contributed by atoms with Crippen molar-refractivity contribution in [3.05, 3.63) is 70.5 Å². The Balaban J connectivity index is 1.91. The molecule has 6 nitrogen and oxygen atoms in total. The average Bonchev–Trinajstić information content (AvgIpc) is 2.60. The monoisotopic (exact) mass is 368 g/mol. The summed E-state index contributed by atoms with van der Waals surface area (Å²) in [6.07, 6.45) is 1.85. The molecule has 1 fully saturated rings. The first-order valence-corrected chi connectivity index (χ1v) is 8.35. The van der Waals surface area contributed by atoms with Crippen LogP contribution in [0, 0.1) is 5.82 Å². The molecule has 0 radical (unpaired) electrons. The number of nitrogens with one attached hydrogen (secondary N) is 2. The number of carbonyl (C=O) groups excluding carboxylic acids is 3. The van der Waals surface area contributed by atoms with Gasteiger partial charge in [0.05, 0.1) is 6.61 Å². The zero-order valence-corrected chi connectivity index (χ0v) is 14.5. The molecule has 1 saturated heterocycles. The van der Waals surface area contributed by atoms with Gasteiger partial charge in [-0.3, -0.25) is 20.2 Å². The van der Waals surface area contributed by atoms with Crippen molar-refractivity contribution in [3.8, 4) is 5.75 Å². The molecule has 1 heterocycles. The van der Waals surface area contributed by atoms with Gasteiger partial charge in [-0.05, 0) is 47.9 Å². The Morgan fingerprint density at radius 1 is 1.04 bits per heavy atom. The molecule has 0 unspecified atom stereocenters. The van der Waals surface area contributed by atoms with Crippen molar-refractivity contribution in [3.63, 3.8) is 0 Å². The van der Waals surface area contributed by atoms with Crippen molar-refractivity contribution in [2.75, 3.05) is 6.61 Å². The van der Waals surface area contributed by atoms with Gasteiger partial charge in [-0.2, -0.15) is 0 Å². The lowest BCUT2D eigenvalue weighted by Gasteiger charge is -2.15. The molecule has 4 amide bonds. The van der Waals surface area contributed by atoms with Gasteiger partial charge in [-0.25, -0.2) is 9.18 Å². The first kappa shape index (κ1) is 18.3. The van der Waals surface area contributed by atoms with Gasteiger partial charge in [0.15, 0.2) is 0 Å². The third-order valence-electron chi connectivity index (χ3n) is 3.93. The van der Waals surface area contributed by atoms with Crippen molar-refractivity contribution in [2.45, 2.75) is 13.3 Å². The molecule has 0 bridgehead atoms. The number of hydrogen-bond acceptors (Lipinski definition) is 4. The van der Waals surface area contributed by atoms with Crippen LogP contribution in [0.5, 0.6) is 5.75 Å². The highest BCUT2D eigenvalue weighted by Crippen LogP contribution is 2.25. The molecule has 2 aromatic carbocycles. The number of ether oxygens (including phenoxy) is 1. The molecule has 2 aromatic rings. The van der Waals surface area contributed by atoms with E-state index in [-0.39, 0.29) is 11.4 Å². The Hall–Kier alpha value is -3.48. The summed E-state index contributed by atoms with van der Waals surface area (Å²) in [6, 6.07) is 10.7. The van der Waals surface area contributed by atoms with Gasteiger partial charge >= 0.3 is 6.03 Å². The molecule has 138 valence electrons. The number of imide groups is 2. The SMILES string of the molecule is CCOc1cc(C=C2C(=O)NC(=O)NC2=O)ccc1Cc1cccc(F)c1. The summed E-state index contributed by atoms with van der Waals surface area (Å²) < 4.78 is 19.1. The van der Waals surface area contributed by atoms with Crippen molar-refractivity contribution < 1.29 is 23.5 Å². The highest BCUT2D eigenvalue weighted by molar-refractivity contribution is 6.31. The summed E-state index contributed by atoms with van der Waals surface area (Å²) in [4.78, 5) is 34.8. The third kappa shape index (κ3) is 4.38. The second kappa shape index (κ2) is 7.82. The van der Waals surface area contributed by atoms with E-state index < -0.39 is 17.8 Å². The Labute approximate surface area is 155 Å². The molecule has 1 aliphatic rings. The number of hydrogen-bond donors (Lipinski definition) is 2. The van der Waals surface area contributed by atoms with E-state index in [0.717, 1.165) is 11.1 Å². The quantitative estimate of drug-likeness (QED) is 0.628. The van der Waals surface area contributed by atoms with Gasteiger partial charge in [-0.15, -0.1) is 0 Å². The fraction of sp³-hybridized carbons (Fsp3) is 0.150. The fourth-order valence-corrected chi connectivity index (χ4v) is 2.74. The summed E-state index contributed by atoms with van der Waals surface area (Å²) in [5, 5.41) is 4.05. The van der Waals surface area contributed by atoms with Gasteiger partial charge in [0.2, 0.25) is 0 Å². The van der Waals surface area contributed by atoms with Gasteiger partial charge < -0.3 is 4.74 Å². The number of carbonyl (C=O) groups is 3. The van der Waals surface area contributed by atoms with Crippen molar-refractivity contribution in [2.24, 2.45) is 0 Å². The molecule has 27 heavy (non-hydrogen) atoms. The molecule has 0 saturated carbocycles. The van der Waals surface area contributed by atoms with Crippen LogP contribution in [0.3, 0.4) is 0 Å². The van der Waals surface area contributed by atoms with Crippen LogP contribution in [0.1, 0.15) is 23.6 Å². The fourth-order valence-electron chi connectivity index (χ4n) is 2.74. The Morgan fingerprint density at radius 3 is 2.44 bits per heavy atom.